The third kappa shape index (κ3) is 3.47. The van der Waals surface area contributed by atoms with Gasteiger partial charge in [-0.2, -0.15) is 0 Å². The highest BCUT2D eigenvalue weighted by atomic mass is 32.2. The molecule has 120 valence electrons. The Labute approximate surface area is 128 Å². The second-order valence-electron chi connectivity index (χ2n) is 6.11. The van der Waals surface area contributed by atoms with Crippen molar-refractivity contribution in [3.63, 3.8) is 0 Å². The van der Waals surface area contributed by atoms with E-state index in [0.29, 0.717) is 4.90 Å². The zero-order valence-electron chi connectivity index (χ0n) is 14.0. The molecule has 0 spiro atoms. The lowest BCUT2D eigenvalue weighted by molar-refractivity contribution is 0.227. The summed E-state index contributed by atoms with van der Waals surface area (Å²) in [6, 6.07) is -0.476. The number of hydrogen-bond donors (Lipinski definition) is 2. The van der Waals surface area contributed by atoms with E-state index in [1.54, 1.807) is 0 Å². The molecule has 0 amide bonds. The molecule has 0 radical (unpaired) electrons. The van der Waals surface area contributed by atoms with E-state index in [0.717, 1.165) is 27.8 Å². The van der Waals surface area contributed by atoms with E-state index in [1.165, 1.54) is 0 Å². The van der Waals surface area contributed by atoms with E-state index in [4.69, 9.17) is 0 Å². The van der Waals surface area contributed by atoms with Crippen molar-refractivity contribution in [1.29, 1.82) is 0 Å². The summed E-state index contributed by atoms with van der Waals surface area (Å²) in [4.78, 5) is 0.349. The number of aliphatic hydroxyl groups is 1. The Morgan fingerprint density at radius 3 is 1.62 bits per heavy atom. The van der Waals surface area contributed by atoms with Crippen molar-refractivity contribution >= 4 is 10.0 Å². The Morgan fingerprint density at radius 1 is 0.905 bits per heavy atom. The SMILES string of the molecule is Cc1c(C)c(C)c(S(=O)(=O)N[C@H](CO)C(C)C)c(C)c1C. The zero-order chi connectivity index (χ0) is 16.5. The van der Waals surface area contributed by atoms with Crippen LogP contribution in [0.3, 0.4) is 0 Å². The van der Waals surface area contributed by atoms with Gasteiger partial charge in [0.2, 0.25) is 10.0 Å². The fraction of sp³-hybridized carbons (Fsp3) is 0.625. The summed E-state index contributed by atoms with van der Waals surface area (Å²) < 4.78 is 28.1. The van der Waals surface area contributed by atoms with Crippen LogP contribution in [0.4, 0.5) is 0 Å². The van der Waals surface area contributed by atoms with Crippen molar-refractivity contribution < 1.29 is 13.5 Å². The van der Waals surface area contributed by atoms with Crippen LogP contribution in [0.15, 0.2) is 4.90 Å². The maximum atomic E-state index is 12.7. The number of nitrogens with one attached hydrogen (secondary N) is 1. The van der Waals surface area contributed by atoms with Gasteiger partial charge in [-0.1, -0.05) is 13.8 Å². The normalized spacial score (nSPS) is 13.8. The standard InChI is InChI=1S/C16H27NO3S/c1-9(2)15(8-18)17-21(19,20)16-13(6)11(4)10(3)12(5)14(16)7/h9,15,17-18H,8H2,1-7H3/t15-/m1/s1. The number of hydrogen-bond acceptors (Lipinski definition) is 3. The maximum Gasteiger partial charge on any atom is 0.241 e. The Hall–Kier alpha value is -0.910. The van der Waals surface area contributed by atoms with Crippen LogP contribution in [0.1, 0.15) is 41.7 Å². The molecule has 2 N–H and O–H groups in total. The van der Waals surface area contributed by atoms with Crippen molar-refractivity contribution in [2.24, 2.45) is 5.92 Å². The predicted molar refractivity (Wildman–Crippen MR) is 86.2 cm³/mol. The molecule has 0 saturated heterocycles. The molecular weight excluding hydrogens is 286 g/mol. The fourth-order valence-corrected chi connectivity index (χ4v) is 4.49. The monoisotopic (exact) mass is 313 g/mol. The van der Waals surface area contributed by atoms with Crippen LogP contribution >= 0.6 is 0 Å². The van der Waals surface area contributed by atoms with Crippen LogP contribution in [-0.4, -0.2) is 26.2 Å². The van der Waals surface area contributed by atoms with Gasteiger partial charge in [-0.15, -0.1) is 0 Å². The average molecular weight is 313 g/mol. The van der Waals surface area contributed by atoms with Crippen molar-refractivity contribution in [3.8, 4) is 0 Å². The first-order valence-corrected chi connectivity index (χ1v) is 8.73. The van der Waals surface area contributed by atoms with Gasteiger partial charge in [-0.3, -0.25) is 0 Å². The Kier molecular flexibility index (Phi) is 5.58. The third-order valence-electron chi connectivity index (χ3n) is 4.51. The van der Waals surface area contributed by atoms with Crippen molar-refractivity contribution in [2.45, 2.75) is 59.4 Å². The van der Waals surface area contributed by atoms with Gasteiger partial charge in [0.05, 0.1) is 11.5 Å². The number of sulfonamides is 1. The van der Waals surface area contributed by atoms with Gasteiger partial charge in [-0.05, 0) is 68.4 Å². The highest BCUT2D eigenvalue weighted by Gasteiger charge is 2.27. The second kappa shape index (κ2) is 6.46. The average Bonchev–Trinajstić information content (AvgIpc) is 2.40. The summed E-state index contributed by atoms with van der Waals surface area (Å²) in [5.41, 5.74) is 4.70. The molecule has 5 heteroatoms. The van der Waals surface area contributed by atoms with Gasteiger partial charge in [-0.25, -0.2) is 13.1 Å². The molecule has 0 aromatic heterocycles. The smallest absolute Gasteiger partial charge is 0.241 e. The molecule has 0 saturated carbocycles. The summed E-state index contributed by atoms with van der Waals surface area (Å²) in [6.07, 6.45) is 0. The molecule has 0 aliphatic rings. The van der Waals surface area contributed by atoms with E-state index in [9.17, 15) is 13.5 Å². The largest absolute Gasteiger partial charge is 0.395 e. The van der Waals surface area contributed by atoms with Crippen molar-refractivity contribution in [1.82, 2.24) is 4.72 Å². The highest BCUT2D eigenvalue weighted by molar-refractivity contribution is 7.89. The Bertz CT molecular complexity index is 604. The summed E-state index contributed by atoms with van der Waals surface area (Å²) in [5, 5.41) is 9.37. The molecule has 1 aromatic carbocycles. The number of rotatable bonds is 5. The Morgan fingerprint density at radius 2 is 1.29 bits per heavy atom. The minimum absolute atomic E-state index is 0.0260. The van der Waals surface area contributed by atoms with E-state index < -0.39 is 16.1 Å². The number of aliphatic hydroxyl groups excluding tert-OH is 1. The van der Waals surface area contributed by atoms with Gasteiger partial charge in [0.1, 0.15) is 0 Å². The lowest BCUT2D eigenvalue weighted by Crippen LogP contribution is -2.41. The quantitative estimate of drug-likeness (QED) is 0.878. The second-order valence-corrected chi connectivity index (χ2v) is 7.76. The zero-order valence-corrected chi connectivity index (χ0v) is 14.9. The molecule has 0 aliphatic carbocycles. The summed E-state index contributed by atoms with van der Waals surface area (Å²) in [7, 11) is -3.65. The van der Waals surface area contributed by atoms with Crippen LogP contribution in [0.25, 0.3) is 0 Å². The van der Waals surface area contributed by atoms with E-state index in [2.05, 4.69) is 4.72 Å². The van der Waals surface area contributed by atoms with E-state index in [1.807, 2.05) is 48.5 Å². The van der Waals surface area contributed by atoms with E-state index in [-0.39, 0.29) is 12.5 Å². The first kappa shape index (κ1) is 18.1. The molecule has 0 unspecified atom stereocenters. The predicted octanol–water partition coefficient (Wildman–Crippen LogP) is 2.52. The van der Waals surface area contributed by atoms with Crippen molar-refractivity contribution in [2.75, 3.05) is 6.61 Å². The van der Waals surface area contributed by atoms with Gasteiger partial charge in [0.25, 0.3) is 0 Å². The van der Waals surface area contributed by atoms with Crippen LogP contribution in [0.5, 0.6) is 0 Å². The van der Waals surface area contributed by atoms with Gasteiger partial charge in [0, 0.05) is 6.04 Å². The molecule has 21 heavy (non-hydrogen) atoms. The molecule has 0 heterocycles. The van der Waals surface area contributed by atoms with Crippen LogP contribution in [0, 0.1) is 40.5 Å². The topological polar surface area (TPSA) is 66.4 Å². The molecule has 1 rings (SSSR count). The molecule has 4 nitrogen and oxygen atoms in total. The fourth-order valence-electron chi connectivity index (χ4n) is 2.51. The molecule has 0 aliphatic heterocycles. The lowest BCUT2D eigenvalue weighted by Gasteiger charge is -2.23. The first-order chi connectivity index (χ1) is 9.54. The van der Waals surface area contributed by atoms with Crippen LogP contribution < -0.4 is 4.72 Å². The van der Waals surface area contributed by atoms with Gasteiger partial charge >= 0.3 is 0 Å². The minimum atomic E-state index is -3.65. The lowest BCUT2D eigenvalue weighted by atomic mass is 9.95. The van der Waals surface area contributed by atoms with Crippen LogP contribution in [0.2, 0.25) is 0 Å². The van der Waals surface area contributed by atoms with Gasteiger partial charge in [0.15, 0.2) is 0 Å². The van der Waals surface area contributed by atoms with Crippen LogP contribution in [-0.2, 0) is 10.0 Å². The van der Waals surface area contributed by atoms with Gasteiger partial charge < -0.3 is 5.11 Å². The molecule has 1 atom stereocenters. The third-order valence-corrected chi connectivity index (χ3v) is 6.27. The molecular formula is C16H27NO3S. The summed E-state index contributed by atoms with van der Waals surface area (Å²) in [5.74, 6) is 0.0260. The van der Waals surface area contributed by atoms with E-state index >= 15 is 0 Å². The first-order valence-electron chi connectivity index (χ1n) is 7.24. The molecule has 0 fully saturated rings. The number of benzene rings is 1. The molecule has 0 bridgehead atoms. The Balaban J connectivity index is 3.46. The highest BCUT2D eigenvalue weighted by Crippen LogP contribution is 2.29. The molecule has 1 aromatic rings. The summed E-state index contributed by atoms with van der Waals surface area (Å²) >= 11 is 0. The summed E-state index contributed by atoms with van der Waals surface area (Å²) in [6.45, 7) is 13.1. The maximum absolute atomic E-state index is 12.7. The van der Waals surface area contributed by atoms with Crippen molar-refractivity contribution in [3.05, 3.63) is 27.8 Å². The minimum Gasteiger partial charge on any atom is -0.395 e.